The lowest BCUT2D eigenvalue weighted by Gasteiger charge is -2.78. The molecule has 0 spiro atoms. The van der Waals surface area contributed by atoms with Crippen molar-refractivity contribution in [2.24, 2.45) is 87.6 Å². The summed E-state index contributed by atoms with van der Waals surface area (Å²) in [7, 11) is 0. The zero-order valence-corrected chi connectivity index (χ0v) is 44.4. The van der Waals surface area contributed by atoms with Gasteiger partial charge in [-0.2, -0.15) is 0 Å². The third-order valence-corrected chi connectivity index (χ3v) is 16.4. The van der Waals surface area contributed by atoms with Crippen LogP contribution in [0.1, 0.15) is 131 Å². The summed E-state index contributed by atoms with van der Waals surface area (Å²) in [5, 5.41) is 17.3. The lowest BCUT2D eigenvalue weighted by molar-refractivity contribution is -0.274. The molecule has 4 bridgehead atoms. The second kappa shape index (κ2) is 23.3. The van der Waals surface area contributed by atoms with Crippen LogP contribution in [0.15, 0.2) is 45.3 Å². The number of primary amides is 1. The molecule has 1 aromatic carbocycles. The van der Waals surface area contributed by atoms with Gasteiger partial charge in [0, 0.05) is 43.8 Å². The Kier molecular flexibility index (Phi) is 18.3. The summed E-state index contributed by atoms with van der Waals surface area (Å²) in [6.07, 6.45) is 5.00. The molecule has 7 rings (SSSR count). The largest absolute Gasteiger partial charge is 0.370 e. The molecular formula is C51H84N16O7. The number of hydrogen-bond acceptors (Lipinski definition) is 10. The maximum Gasteiger partial charge on any atom is 0.243 e. The summed E-state index contributed by atoms with van der Waals surface area (Å²) in [6.45, 7) is 14.7. The van der Waals surface area contributed by atoms with E-state index in [1.165, 1.54) is 6.92 Å². The predicted molar refractivity (Wildman–Crippen MR) is 283 cm³/mol. The number of guanidine groups is 3. The Morgan fingerprint density at radius 2 is 0.811 bits per heavy atom. The Morgan fingerprint density at radius 3 is 1.16 bits per heavy atom. The SMILES string of the molecule is CC(=O)N[C@@H](CCCN=C(N)N)C(=O)N[C@@H](CCCN=C(N)N)C(=O)N[C@H](C(=O)N[C@H](C(=O)N[C@@H](CCCN=C(N)N)C(=O)N[C@@H](Cc1ccccc1)C(N)=O)C12CC(C(C)(C)C)(C1)C2)C12CC(C(C)(C)C)(C1)C2. The molecule has 0 radical (unpaired) electrons. The standard InChI is InChI=1S/C51H84N16O7/c1-29(68)62-31(16-11-19-59-43(53)54)38(70)63-33(18-13-21-61-45(57)58)40(72)66-36(49-26-51(27-49,28-49)47(5,6)7)42(74)67-35(48-23-50(24-48,25-48)46(2,3)4)41(73)64-32(17-12-20-60-44(55)56)39(71)65-34(37(52)69)22-30-14-9-8-10-15-30/h8-10,14-15,31-36H,11-13,16-28H2,1-7H3,(H2,52,69)(H,62,68)(H,63,70)(H,64,73)(H,65,71)(H,66,72)(H,67,74)(H4,53,54,59)(H4,55,56,60)(H4,57,58,61)/t31-,32-,33-,34-,35+,36+,48?,49?,50?,51?/m0/s1. The molecule has 0 saturated heterocycles. The number of carbonyl (C=O) groups is 7. The summed E-state index contributed by atoms with van der Waals surface area (Å²) >= 11 is 0. The van der Waals surface area contributed by atoms with Crippen molar-refractivity contribution in [3.05, 3.63) is 35.9 Å². The van der Waals surface area contributed by atoms with Crippen LogP contribution in [0, 0.1) is 32.5 Å². The van der Waals surface area contributed by atoms with Gasteiger partial charge in [-0.3, -0.25) is 48.5 Å². The molecule has 23 heteroatoms. The van der Waals surface area contributed by atoms with Crippen LogP contribution >= 0.6 is 0 Å². The number of nitrogens with one attached hydrogen (secondary N) is 6. The number of benzene rings is 1. The summed E-state index contributed by atoms with van der Waals surface area (Å²) in [5.41, 5.74) is 38.2. The van der Waals surface area contributed by atoms with Crippen molar-refractivity contribution in [1.82, 2.24) is 31.9 Å². The highest BCUT2D eigenvalue weighted by Crippen LogP contribution is 2.81. The van der Waals surface area contributed by atoms with Gasteiger partial charge in [0.15, 0.2) is 17.9 Å². The molecule has 6 aliphatic rings. The molecule has 7 amide bonds. The van der Waals surface area contributed by atoms with Crippen LogP contribution in [-0.2, 0) is 40.0 Å². The monoisotopic (exact) mass is 1030 g/mol. The zero-order chi connectivity index (χ0) is 55.0. The van der Waals surface area contributed by atoms with Crippen LogP contribution in [0.3, 0.4) is 0 Å². The van der Waals surface area contributed by atoms with E-state index < -0.39 is 88.4 Å². The predicted octanol–water partition coefficient (Wildman–Crippen LogP) is -0.763. The Balaban J connectivity index is 1.46. The second-order valence-electron chi connectivity index (χ2n) is 23.6. The third-order valence-electron chi connectivity index (χ3n) is 16.4. The molecule has 410 valence electrons. The first-order valence-corrected chi connectivity index (χ1v) is 25.8. The number of aliphatic imine (C=N–C) groups is 3. The number of amides is 7. The smallest absolute Gasteiger partial charge is 0.243 e. The fourth-order valence-electron chi connectivity index (χ4n) is 11.8. The van der Waals surface area contributed by atoms with Crippen LogP contribution < -0.4 is 72.0 Å². The lowest BCUT2D eigenvalue weighted by Crippen LogP contribution is -2.79. The number of rotatable bonds is 28. The fraction of sp³-hybridized carbons (Fsp3) is 0.686. The maximum atomic E-state index is 15.3. The third kappa shape index (κ3) is 13.7. The van der Waals surface area contributed by atoms with Gasteiger partial charge >= 0.3 is 0 Å². The van der Waals surface area contributed by atoms with E-state index in [0.717, 1.165) is 5.56 Å². The van der Waals surface area contributed by atoms with E-state index in [-0.39, 0.29) is 97.7 Å². The first-order valence-electron chi connectivity index (χ1n) is 25.8. The van der Waals surface area contributed by atoms with Crippen LogP contribution in [0.2, 0.25) is 0 Å². The van der Waals surface area contributed by atoms with Gasteiger partial charge in [-0.15, -0.1) is 0 Å². The molecule has 6 saturated carbocycles. The average molecular weight is 1030 g/mol. The Hall–Kier alpha value is -6.68. The van der Waals surface area contributed by atoms with Crippen molar-refractivity contribution < 1.29 is 33.6 Å². The van der Waals surface area contributed by atoms with Crippen molar-refractivity contribution in [2.45, 2.75) is 168 Å². The van der Waals surface area contributed by atoms with Gasteiger partial charge in [0.05, 0.1) is 0 Å². The topological polar surface area (TPSA) is 411 Å². The fourth-order valence-corrected chi connectivity index (χ4v) is 11.8. The first kappa shape index (κ1) is 58.2. The van der Waals surface area contributed by atoms with Gasteiger partial charge in [-0.05, 0) is 104 Å². The molecule has 23 nitrogen and oxygen atoms in total. The first-order chi connectivity index (χ1) is 34.5. The van der Waals surface area contributed by atoms with Crippen LogP contribution in [0.25, 0.3) is 0 Å². The highest BCUT2D eigenvalue weighted by Gasteiger charge is 2.77. The van der Waals surface area contributed by atoms with Crippen molar-refractivity contribution in [2.75, 3.05) is 19.6 Å². The lowest BCUT2D eigenvalue weighted by atomic mass is 9.27. The number of nitrogens with two attached hydrogens (primary N) is 7. The van der Waals surface area contributed by atoms with Gasteiger partial charge in [-0.1, -0.05) is 71.9 Å². The van der Waals surface area contributed by atoms with Crippen LogP contribution in [0.4, 0.5) is 0 Å². The minimum atomic E-state index is -1.21. The molecule has 0 aromatic heterocycles. The van der Waals surface area contributed by atoms with Crippen LogP contribution in [-0.4, -0.2) is 115 Å². The highest BCUT2D eigenvalue weighted by molar-refractivity contribution is 5.98. The maximum absolute atomic E-state index is 15.3. The summed E-state index contributed by atoms with van der Waals surface area (Å²) < 4.78 is 0. The summed E-state index contributed by atoms with van der Waals surface area (Å²) in [4.78, 5) is 110. The van der Waals surface area contributed by atoms with Crippen molar-refractivity contribution in [1.29, 1.82) is 0 Å². The van der Waals surface area contributed by atoms with Gasteiger partial charge in [0.2, 0.25) is 41.4 Å². The Morgan fingerprint density at radius 1 is 0.486 bits per heavy atom. The number of nitrogens with zero attached hydrogens (tertiary/aromatic N) is 3. The molecule has 20 N–H and O–H groups in total. The summed E-state index contributed by atoms with van der Waals surface area (Å²) in [5.74, 6) is -4.81. The minimum Gasteiger partial charge on any atom is -0.370 e. The van der Waals surface area contributed by atoms with Gasteiger partial charge in [-0.25, -0.2) is 0 Å². The summed E-state index contributed by atoms with van der Waals surface area (Å²) in [6, 6.07) is 2.19. The second-order valence-corrected chi connectivity index (χ2v) is 23.6. The number of carbonyl (C=O) groups excluding carboxylic acids is 7. The van der Waals surface area contributed by atoms with Gasteiger partial charge in [0.1, 0.15) is 36.3 Å². The molecule has 74 heavy (non-hydrogen) atoms. The van der Waals surface area contributed by atoms with E-state index in [9.17, 15) is 24.0 Å². The molecule has 0 heterocycles. The normalized spacial score (nSPS) is 24.5. The van der Waals surface area contributed by atoms with Crippen LogP contribution in [0.5, 0.6) is 0 Å². The number of hydrogen-bond donors (Lipinski definition) is 13. The van der Waals surface area contributed by atoms with E-state index in [1.807, 2.05) is 6.07 Å². The van der Waals surface area contributed by atoms with E-state index in [1.54, 1.807) is 24.3 Å². The van der Waals surface area contributed by atoms with E-state index >= 15 is 9.59 Å². The Bertz CT molecular complexity index is 2290. The van der Waals surface area contributed by atoms with Crippen molar-refractivity contribution in [3.63, 3.8) is 0 Å². The highest BCUT2D eigenvalue weighted by atomic mass is 16.2. The molecule has 6 fully saturated rings. The van der Waals surface area contributed by atoms with Crippen molar-refractivity contribution >= 4 is 59.2 Å². The molecule has 0 aliphatic heterocycles. The molecular weight excluding hydrogens is 949 g/mol. The molecule has 0 unspecified atom stereocenters. The van der Waals surface area contributed by atoms with Gasteiger partial charge in [0.25, 0.3) is 0 Å². The quantitative estimate of drug-likeness (QED) is 0.0279. The van der Waals surface area contributed by atoms with E-state index in [2.05, 4.69) is 88.4 Å². The molecule has 1 aromatic rings. The molecule has 6 aliphatic carbocycles. The average Bonchev–Trinajstić information content (AvgIpc) is 3.22. The Labute approximate surface area is 434 Å². The van der Waals surface area contributed by atoms with Crippen molar-refractivity contribution in [3.8, 4) is 0 Å². The zero-order valence-electron chi connectivity index (χ0n) is 44.4. The van der Waals surface area contributed by atoms with E-state index in [0.29, 0.717) is 44.9 Å². The minimum absolute atomic E-state index is 0.0556. The molecule has 6 atom stereocenters. The van der Waals surface area contributed by atoms with Gasteiger partial charge < -0.3 is 72.0 Å². The van der Waals surface area contributed by atoms with E-state index in [4.69, 9.17) is 40.1 Å².